The molecule has 1 aromatic carbocycles. The lowest BCUT2D eigenvalue weighted by Gasteiger charge is -2.14. The third-order valence-electron chi connectivity index (χ3n) is 3.82. The molecule has 1 amide bonds. The number of ether oxygens (including phenoxy) is 2. The summed E-state index contributed by atoms with van der Waals surface area (Å²) in [5.41, 5.74) is 0.406. The second-order valence-corrected chi connectivity index (χ2v) is 5.94. The highest BCUT2D eigenvalue weighted by molar-refractivity contribution is 5.96. The van der Waals surface area contributed by atoms with E-state index in [1.54, 1.807) is 6.92 Å². The lowest BCUT2D eigenvalue weighted by Crippen LogP contribution is -2.29. The number of pyridine rings is 1. The third-order valence-corrected chi connectivity index (χ3v) is 3.82. The van der Waals surface area contributed by atoms with E-state index in [4.69, 9.17) is 14.0 Å². The Bertz CT molecular complexity index is 1040. The Hall–Kier alpha value is -3.82. The van der Waals surface area contributed by atoms with E-state index in [0.29, 0.717) is 5.56 Å². The monoisotopic (exact) mass is 400 g/mol. The van der Waals surface area contributed by atoms with E-state index < -0.39 is 17.9 Å². The fourth-order valence-corrected chi connectivity index (χ4v) is 2.45. The topological polar surface area (TPSA) is 116 Å². The molecule has 9 nitrogen and oxygen atoms in total. The first-order chi connectivity index (χ1) is 13.9. The highest BCUT2D eigenvalue weighted by Gasteiger charge is 2.24. The molecule has 0 spiro atoms. The number of rotatable bonds is 6. The quantitative estimate of drug-likeness (QED) is 0.628. The predicted molar refractivity (Wildman–Crippen MR) is 97.7 cm³/mol. The molecule has 29 heavy (non-hydrogen) atoms. The van der Waals surface area contributed by atoms with Crippen molar-refractivity contribution in [1.82, 2.24) is 20.4 Å². The van der Waals surface area contributed by atoms with Gasteiger partial charge in [0, 0.05) is 24.8 Å². The van der Waals surface area contributed by atoms with Crippen LogP contribution in [0.25, 0.3) is 11.5 Å². The van der Waals surface area contributed by atoms with E-state index in [9.17, 15) is 14.0 Å². The van der Waals surface area contributed by atoms with Crippen LogP contribution in [0.4, 0.5) is 4.39 Å². The van der Waals surface area contributed by atoms with Crippen LogP contribution in [0.2, 0.25) is 0 Å². The molecule has 0 aliphatic carbocycles. The summed E-state index contributed by atoms with van der Waals surface area (Å²) in [5.74, 6) is -1.15. The number of hydrogen-bond acceptors (Lipinski definition) is 8. The summed E-state index contributed by atoms with van der Waals surface area (Å²) in [4.78, 5) is 32.2. The van der Waals surface area contributed by atoms with Crippen LogP contribution in [0, 0.1) is 5.82 Å². The molecule has 0 saturated carbocycles. The summed E-state index contributed by atoms with van der Waals surface area (Å²) >= 11 is 0. The summed E-state index contributed by atoms with van der Waals surface area (Å²) in [6.45, 7) is 2.84. The van der Waals surface area contributed by atoms with Crippen LogP contribution in [0.15, 0.2) is 41.1 Å². The molecule has 10 heteroatoms. The molecule has 2 heterocycles. The van der Waals surface area contributed by atoms with Crippen LogP contribution in [-0.4, -0.2) is 34.1 Å². The normalized spacial score (nSPS) is 11.6. The number of aromatic nitrogens is 3. The molecule has 1 unspecified atom stereocenters. The number of methoxy groups -OCH3 is 1. The molecule has 3 aromatic rings. The largest absolute Gasteiger partial charge is 0.493 e. The van der Waals surface area contributed by atoms with Gasteiger partial charge in [-0.1, -0.05) is 5.16 Å². The average molecular weight is 400 g/mol. The molecule has 0 aliphatic heterocycles. The average Bonchev–Trinajstić information content (AvgIpc) is 3.18. The van der Waals surface area contributed by atoms with Crippen molar-refractivity contribution >= 4 is 11.9 Å². The maximum atomic E-state index is 13.0. The number of hydrogen-bond donors (Lipinski definition) is 1. The van der Waals surface area contributed by atoms with Crippen LogP contribution in [0.5, 0.6) is 11.5 Å². The number of esters is 1. The van der Waals surface area contributed by atoms with Crippen LogP contribution < -0.4 is 14.8 Å². The molecule has 0 aliphatic rings. The van der Waals surface area contributed by atoms with Crippen molar-refractivity contribution in [1.29, 1.82) is 0 Å². The van der Waals surface area contributed by atoms with Crippen molar-refractivity contribution in [3.05, 3.63) is 53.9 Å². The first kappa shape index (κ1) is 19.9. The Morgan fingerprint density at radius 3 is 2.59 bits per heavy atom. The molecule has 3 rings (SSSR count). The summed E-state index contributed by atoms with van der Waals surface area (Å²) in [6, 6.07) is 6.36. The second-order valence-electron chi connectivity index (χ2n) is 5.94. The van der Waals surface area contributed by atoms with Crippen molar-refractivity contribution < 1.29 is 28.0 Å². The van der Waals surface area contributed by atoms with Gasteiger partial charge in [0.15, 0.2) is 17.3 Å². The molecular weight excluding hydrogens is 383 g/mol. The van der Waals surface area contributed by atoms with Gasteiger partial charge in [0.25, 0.3) is 11.8 Å². The van der Waals surface area contributed by atoms with Crippen LogP contribution in [0.1, 0.15) is 36.2 Å². The molecular formula is C19H17FN4O5. The number of carbonyl (C=O) groups is 2. The molecule has 0 saturated heterocycles. The zero-order valence-corrected chi connectivity index (χ0v) is 15.8. The Balaban J connectivity index is 1.79. The minimum Gasteiger partial charge on any atom is -0.493 e. The minimum atomic E-state index is -0.654. The van der Waals surface area contributed by atoms with E-state index in [2.05, 4.69) is 20.4 Å². The van der Waals surface area contributed by atoms with E-state index in [1.165, 1.54) is 50.6 Å². The first-order valence-corrected chi connectivity index (χ1v) is 8.51. The van der Waals surface area contributed by atoms with E-state index in [0.717, 1.165) is 0 Å². The van der Waals surface area contributed by atoms with Crippen LogP contribution in [0.3, 0.4) is 0 Å². The smallest absolute Gasteiger partial charge is 0.308 e. The number of amides is 1. The highest BCUT2D eigenvalue weighted by atomic mass is 19.1. The third kappa shape index (κ3) is 4.54. The van der Waals surface area contributed by atoms with Gasteiger partial charge in [-0.25, -0.2) is 9.37 Å². The van der Waals surface area contributed by atoms with Crippen LogP contribution in [-0.2, 0) is 4.79 Å². The van der Waals surface area contributed by atoms with Crippen molar-refractivity contribution in [2.45, 2.75) is 19.9 Å². The lowest BCUT2D eigenvalue weighted by molar-refractivity contribution is -0.132. The minimum absolute atomic E-state index is 0.0905. The zero-order valence-electron chi connectivity index (χ0n) is 15.8. The number of nitrogens with zero attached hydrogens (tertiary/aromatic N) is 3. The van der Waals surface area contributed by atoms with Gasteiger partial charge in [0.2, 0.25) is 5.75 Å². The number of halogens is 1. The van der Waals surface area contributed by atoms with E-state index >= 15 is 0 Å². The summed E-state index contributed by atoms with van der Waals surface area (Å²) in [7, 11) is 1.38. The zero-order chi connectivity index (χ0) is 21.0. The highest BCUT2D eigenvalue weighted by Crippen LogP contribution is 2.30. The van der Waals surface area contributed by atoms with Crippen molar-refractivity contribution in [3.8, 4) is 23.0 Å². The summed E-state index contributed by atoms with van der Waals surface area (Å²) in [5, 5.41) is 6.50. The maximum Gasteiger partial charge on any atom is 0.308 e. The molecule has 2 aromatic heterocycles. The number of benzene rings is 1. The predicted octanol–water partition coefficient (Wildman–Crippen LogP) is 2.70. The van der Waals surface area contributed by atoms with Crippen molar-refractivity contribution in [2.24, 2.45) is 0 Å². The maximum absolute atomic E-state index is 13.0. The van der Waals surface area contributed by atoms with E-state index in [-0.39, 0.29) is 34.7 Å². The Labute approximate surface area is 164 Å². The molecule has 0 radical (unpaired) electrons. The number of carbonyl (C=O) groups excluding carboxylic acids is 2. The Kier molecular flexibility index (Phi) is 5.82. The van der Waals surface area contributed by atoms with Gasteiger partial charge < -0.3 is 19.3 Å². The van der Waals surface area contributed by atoms with Crippen LogP contribution >= 0.6 is 0 Å². The van der Waals surface area contributed by atoms with Gasteiger partial charge in [0.1, 0.15) is 5.82 Å². The lowest BCUT2D eigenvalue weighted by atomic mass is 10.2. The van der Waals surface area contributed by atoms with Crippen molar-refractivity contribution in [2.75, 3.05) is 7.11 Å². The second kappa shape index (κ2) is 8.46. The Morgan fingerprint density at radius 2 is 1.93 bits per heavy atom. The standard InChI is InChI=1S/C19H17FN4O5/c1-10(17-23-19(29-24-17)12-4-6-13(20)7-5-12)22-18(26)15-16(28-11(2)25)14(27-3)8-9-21-15/h4-10H,1-3H3,(H,22,26). The fraction of sp³-hybridized carbons (Fsp3) is 0.211. The summed E-state index contributed by atoms with van der Waals surface area (Å²) < 4.78 is 28.4. The van der Waals surface area contributed by atoms with Gasteiger partial charge >= 0.3 is 5.97 Å². The van der Waals surface area contributed by atoms with Gasteiger partial charge in [-0.2, -0.15) is 4.98 Å². The van der Waals surface area contributed by atoms with E-state index in [1.807, 2.05) is 0 Å². The number of nitrogens with one attached hydrogen (secondary N) is 1. The first-order valence-electron chi connectivity index (χ1n) is 8.51. The van der Waals surface area contributed by atoms with Gasteiger partial charge in [-0.3, -0.25) is 9.59 Å². The molecule has 1 N–H and O–H groups in total. The molecule has 1 atom stereocenters. The molecule has 0 bridgehead atoms. The molecule has 0 fully saturated rings. The van der Waals surface area contributed by atoms with Gasteiger partial charge in [-0.15, -0.1) is 0 Å². The van der Waals surface area contributed by atoms with Gasteiger partial charge in [-0.05, 0) is 31.2 Å². The fourth-order valence-electron chi connectivity index (χ4n) is 2.45. The van der Waals surface area contributed by atoms with Gasteiger partial charge in [0.05, 0.1) is 13.2 Å². The Morgan fingerprint density at radius 1 is 1.21 bits per heavy atom. The SMILES string of the molecule is COc1ccnc(C(=O)NC(C)c2noc(-c3ccc(F)cc3)n2)c1OC(C)=O. The molecule has 150 valence electrons. The summed E-state index contributed by atoms with van der Waals surface area (Å²) in [6.07, 6.45) is 1.35. The van der Waals surface area contributed by atoms with Crippen molar-refractivity contribution in [3.63, 3.8) is 0 Å².